The van der Waals surface area contributed by atoms with Gasteiger partial charge in [0.1, 0.15) is 11.5 Å². The van der Waals surface area contributed by atoms with E-state index in [0.29, 0.717) is 0 Å². The predicted molar refractivity (Wildman–Crippen MR) is 95.5 cm³/mol. The first-order valence-corrected chi connectivity index (χ1v) is 9.40. The number of nitrogens with one attached hydrogen (secondary N) is 1. The van der Waals surface area contributed by atoms with Crippen molar-refractivity contribution in [2.24, 2.45) is 10.9 Å². The van der Waals surface area contributed by atoms with Crippen molar-refractivity contribution in [2.45, 2.75) is 0 Å². The van der Waals surface area contributed by atoms with Gasteiger partial charge in [0, 0.05) is 48.4 Å². The summed E-state index contributed by atoms with van der Waals surface area (Å²) in [7, 11) is 0. The van der Waals surface area contributed by atoms with Crippen molar-refractivity contribution in [3.63, 3.8) is 0 Å². The third-order valence-corrected chi connectivity index (χ3v) is 4.48. The van der Waals surface area contributed by atoms with Crippen LogP contribution in [0.15, 0.2) is 29.3 Å². The molecule has 1 atom stereocenters. The minimum absolute atomic E-state index is 0.0261. The molecule has 5 N–H and O–H groups in total. The monoisotopic (exact) mass is 402 g/mol. The molecule has 0 saturated carbocycles. The summed E-state index contributed by atoms with van der Waals surface area (Å²) in [5.41, 5.74) is 5.47. The fourth-order valence-corrected chi connectivity index (χ4v) is 3.01. The molecule has 0 spiro atoms. The lowest BCUT2D eigenvalue weighted by molar-refractivity contribution is -0.128. The molecule has 1 aliphatic heterocycles. The number of nitrogens with zero attached hydrogens (tertiary/aromatic N) is 2. The number of piperazine rings is 1. The number of hydrogen-bond donors (Lipinski definition) is 3. The van der Waals surface area contributed by atoms with Gasteiger partial charge >= 0.3 is 0 Å². The number of nitrogens with two attached hydrogens (primary N) is 2. The second kappa shape index (κ2) is 8.98. The summed E-state index contributed by atoms with van der Waals surface area (Å²) >= 11 is -1.83. The minimum atomic E-state index is -2.66. The molecule has 1 heterocycles. The second-order valence-corrected chi connectivity index (χ2v) is 6.51. The van der Waals surface area contributed by atoms with Crippen LogP contribution in [0.25, 0.3) is 0 Å². The van der Waals surface area contributed by atoms with Crippen LogP contribution in [0.1, 0.15) is 10.4 Å². The maximum absolute atomic E-state index is 13.9. The molecule has 2 amide bonds. The number of anilines is 1. The van der Waals surface area contributed by atoms with Gasteiger partial charge in [0.25, 0.3) is 11.8 Å². The molecule has 0 bridgehead atoms. The Morgan fingerprint density at radius 2 is 1.88 bits per heavy atom. The van der Waals surface area contributed by atoms with Crippen LogP contribution in [0.3, 0.4) is 0 Å². The Hall–Kier alpha value is -2.15. The van der Waals surface area contributed by atoms with Crippen LogP contribution in [-0.4, -0.2) is 56.6 Å². The average Bonchev–Trinajstić information content (AvgIpc) is 2.62. The van der Waals surface area contributed by atoms with E-state index in [-0.39, 0.29) is 49.0 Å². The molecule has 0 radical (unpaired) electrons. The van der Waals surface area contributed by atoms with Gasteiger partial charge < -0.3 is 24.8 Å². The first-order chi connectivity index (χ1) is 12.3. The first kappa shape index (κ1) is 20.2. The summed E-state index contributed by atoms with van der Waals surface area (Å²) in [6.07, 6.45) is 0. The van der Waals surface area contributed by atoms with Gasteiger partial charge in [-0.25, -0.2) is 4.39 Å². The van der Waals surface area contributed by atoms with E-state index in [1.54, 1.807) is 0 Å². The molecule has 26 heavy (non-hydrogen) atoms. The summed E-state index contributed by atoms with van der Waals surface area (Å²) in [5, 5.41) is 6.58. The smallest absolute Gasteiger partial charge is 0.270 e. The lowest BCUT2D eigenvalue weighted by atomic mass is 10.1. The van der Waals surface area contributed by atoms with Crippen LogP contribution in [0.4, 0.5) is 10.1 Å². The van der Waals surface area contributed by atoms with Crippen LogP contribution >= 0.6 is 11.9 Å². The molecule has 1 saturated heterocycles. The van der Waals surface area contributed by atoms with Crippen molar-refractivity contribution < 1.29 is 22.7 Å². The van der Waals surface area contributed by atoms with Crippen molar-refractivity contribution in [1.82, 2.24) is 9.80 Å². The minimum Gasteiger partial charge on any atom is -0.755 e. The SMILES string of the molecule is NSC=C(N)C(=O)N1CCN(C(=O)c2ccc(NS(=O)[O-])c(F)c2)CC1. The van der Waals surface area contributed by atoms with Crippen molar-refractivity contribution in [3.05, 3.63) is 40.7 Å². The molecular formula is C14H17FN5O4S2-. The highest BCUT2D eigenvalue weighted by atomic mass is 32.2. The molecule has 1 aromatic rings. The zero-order valence-electron chi connectivity index (χ0n) is 13.5. The summed E-state index contributed by atoms with van der Waals surface area (Å²) in [6.45, 7) is 1.09. The van der Waals surface area contributed by atoms with Gasteiger partial charge in [-0.2, -0.15) is 0 Å². The molecule has 0 aromatic heterocycles. The van der Waals surface area contributed by atoms with Crippen molar-refractivity contribution in [3.8, 4) is 0 Å². The molecule has 1 unspecified atom stereocenters. The van der Waals surface area contributed by atoms with Crippen LogP contribution in [-0.2, 0) is 16.1 Å². The van der Waals surface area contributed by atoms with Crippen LogP contribution in [0.5, 0.6) is 0 Å². The zero-order valence-corrected chi connectivity index (χ0v) is 15.1. The van der Waals surface area contributed by atoms with Gasteiger partial charge in [0.15, 0.2) is 0 Å². The molecule has 0 aliphatic carbocycles. The molecule has 2 rings (SSSR count). The average molecular weight is 402 g/mol. The quantitative estimate of drug-likeness (QED) is 0.349. The number of rotatable bonds is 5. The van der Waals surface area contributed by atoms with E-state index in [9.17, 15) is 22.7 Å². The topological polar surface area (TPSA) is 145 Å². The molecule has 1 aromatic carbocycles. The van der Waals surface area contributed by atoms with E-state index < -0.39 is 23.0 Å². The first-order valence-electron chi connectivity index (χ1n) is 7.38. The number of halogens is 1. The van der Waals surface area contributed by atoms with E-state index in [1.807, 2.05) is 4.72 Å². The lowest BCUT2D eigenvalue weighted by Gasteiger charge is -2.34. The summed E-state index contributed by atoms with van der Waals surface area (Å²) in [5.74, 6) is -1.62. The molecule has 142 valence electrons. The summed E-state index contributed by atoms with van der Waals surface area (Å²) in [4.78, 5) is 27.5. The van der Waals surface area contributed by atoms with Gasteiger partial charge in [-0.1, -0.05) is 11.9 Å². The van der Waals surface area contributed by atoms with Crippen molar-refractivity contribution >= 4 is 40.7 Å². The highest BCUT2D eigenvalue weighted by molar-refractivity contribution is 8.00. The van der Waals surface area contributed by atoms with E-state index in [0.717, 1.165) is 18.0 Å². The van der Waals surface area contributed by atoms with Gasteiger partial charge in [0.05, 0.1) is 5.69 Å². The fraction of sp³-hybridized carbons (Fsp3) is 0.286. The van der Waals surface area contributed by atoms with Crippen molar-refractivity contribution in [2.75, 3.05) is 30.9 Å². The maximum Gasteiger partial charge on any atom is 0.270 e. The molecule has 12 heteroatoms. The predicted octanol–water partition coefficient (Wildman–Crippen LogP) is -0.277. The highest BCUT2D eigenvalue weighted by Gasteiger charge is 2.26. The molecule has 1 aliphatic rings. The van der Waals surface area contributed by atoms with E-state index in [4.69, 9.17) is 10.9 Å². The van der Waals surface area contributed by atoms with E-state index in [2.05, 4.69) is 0 Å². The number of hydrogen-bond acceptors (Lipinski definition) is 7. The zero-order chi connectivity index (χ0) is 19.3. The Kier molecular flexibility index (Phi) is 6.97. The van der Waals surface area contributed by atoms with E-state index >= 15 is 0 Å². The Morgan fingerprint density at radius 3 is 2.42 bits per heavy atom. The number of carbonyl (C=O) groups is 2. The Labute approximate surface area is 156 Å². The summed E-state index contributed by atoms with van der Waals surface area (Å²) < 4.78 is 36.9. The van der Waals surface area contributed by atoms with Crippen molar-refractivity contribution in [1.29, 1.82) is 0 Å². The second-order valence-electron chi connectivity index (χ2n) is 5.33. The fourth-order valence-electron chi connectivity index (χ4n) is 2.42. The standard InChI is InChI=1S/C14H18FN5O4S2/c15-10-7-9(1-2-12(10)18-26(23)24)13(21)19-3-5-20(6-4-19)14(22)11(16)8-25-17/h1-2,7-8,18H,3-6,16-17H2,(H,23,24)/p-1. The largest absolute Gasteiger partial charge is 0.755 e. The molecular weight excluding hydrogens is 385 g/mol. The Bertz CT molecular complexity index is 753. The van der Waals surface area contributed by atoms with E-state index in [1.165, 1.54) is 27.3 Å². The Morgan fingerprint density at radius 1 is 1.27 bits per heavy atom. The molecule has 1 fully saturated rings. The Balaban J connectivity index is 2.00. The molecule has 9 nitrogen and oxygen atoms in total. The summed E-state index contributed by atoms with van der Waals surface area (Å²) in [6, 6.07) is 3.47. The van der Waals surface area contributed by atoms with Gasteiger partial charge in [-0.05, 0) is 18.2 Å². The lowest BCUT2D eigenvalue weighted by Crippen LogP contribution is -2.51. The highest BCUT2D eigenvalue weighted by Crippen LogP contribution is 2.18. The number of benzene rings is 1. The van der Waals surface area contributed by atoms with Crippen LogP contribution in [0.2, 0.25) is 0 Å². The number of amides is 2. The maximum atomic E-state index is 13.9. The van der Waals surface area contributed by atoms with Gasteiger partial charge in [0.2, 0.25) is 0 Å². The van der Waals surface area contributed by atoms with Crippen LogP contribution < -0.4 is 15.6 Å². The third kappa shape index (κ3) is 4.94. The van der Waals surface area contributed by atoms with Crippen LogP contribution in [0, 0.1) is 5.82 Å². The van der Waals surface area contributed by atoms with Gasteiger partial charge in [-0.15, -0.1) is 0 Å². The number of carbonyl (C=O) groups excluding carboxylic acids is 2. The third-order valence-electron chi connectivity index (χ3n) is 3.71. The normalized spacial score (nSPS) is 16.3. The van der Waals surface area contributed by atoms with Gasteiger partial charge in [-0.3, -0.25) is 18.9 Å².